The molecule has 1 heterocycles. The summed E-state index contributed by atoms with van der Waals surface area (Å²) in [5.74, 6) is 7.63. The second-order valence-electron chi connectivity index (χ2n) is 6.57. The fraction of sp³-hybridized carbons (Fsp3) is 0.0870. The largest absolute Gasteiger partial charge is 0.497 e. The van der Waals surface area contributed by atoms with Crippen molar-refractivity contribution in [3.8, 4) is 11.5 Å². The predicted molar refractivity (Wildman–Crippen MR) is 125 cm³/mol. The number of ether oxygens (including phenoxy) is 2. The minimum Gasteiger partial charge on any atom is -0.497 e. The van der Waals surface area contributed by atoms with Crippen LogP contribution in [0.1, 0.15) is 11.4 Å². The van der Waals surface area contributed by atoms with E-state index in [0.29, 0.717) is 22.8 Å². The van der Waals surface area contributed by atoms with Crippen LogP contribution in [0.4, 0.5) is 11.4 Å². The zero-order valence-electron chi connectivity index (χ0n) is 17.4. The Morgan fingerprint density at radius 1 is 0.839 bits per heavy atom. The molecule has 7 N–H and O–H groups in total. The molecule has 31 heavy (non-hydrogen) atoms. The maximum Gasteiger partial charge on any atom is 0.119 e. The highest BCUT2D eigenvalue weighted by Gasteiger charge is 2.06. The van der Waals surface area contributed by atoms with Crippen molar-refractivity contribution in [3.05, 3.63) is 90.5 Å². The molecule has 2 aromatic carbocycles. The summed E-state index contributed by atoms with van der Waals surface area (Å²) >= 11 is 0. The van der Waals surface area contributed by atoms with Crippen molar-refractivity contribution in [2.75, 3.05) is 24.5 Å². The van der Waals surface area contributed by atoms with Crippen molar-refractivity contribution in [1.82, 2.24) is 4.98 Å². The smallest absolute Gasteiger partial charge is 0.119 e. The fourth-order valence-corrected chi connectivity index (χ4v) is 2.72. The molecule has 0 atom stereocenters. The van der Waals surface area contributed by atoms with Gasteiger partial charge in [0.15, 0.2) is 0 Å². The number of pyridine rings is 1. The molecule has 0 bridgehead atoms. The van der Waals surface area contributed by atoms with E-state index >= 15 is 0 Å². The first kappa shape index (κ1) is 21.5. The second-order valence-corrected chi connectivity index (χ2v) is 6.57. The third-order valence-corrected chi connectivity index (χ3v) is 4.47. The average Bonchev–Trinajstić information content (AvgIpc) is 2.82. The Bertz CT molecular complexity index is 1060. The van der Waals surface area contributed by atoms with Gasteiger partial charge in [-0.25, -0.2) is 10.8 Å². The number of anilines is 2. The van der Waals surface area contributed by atoms with E-state index in [2.05, 4.69) is 10.3 Å². The van der Waals surface area contributed by atoms with Crippen LogP contribution in [0.3, 0.4) is 0 Å². The third-order valence-electron chi connectivity index (χ3n) is 4.47. The minimum absolute atomic E-state index is 0.399. The van der Waals surface area contributed by atoms with Gasteiger partial charge in [0.2, 0.25) is 0 Å². The number of aromatic nitrogens is 1. The quantitative estimate of drug-likeness (QED) is 0.325. The van der Waals surface area contributed by atoms with E-state index in [4.69, 9.17) is 26.8 Å². The lowest BCUT2D eigenvalue weighted by atomic mass is 10.2. The molecule has 0 saturated carbocycles. The van der Waals surface area contributed by atoms with E-state index in [1.807, 2.05) is 60.7 Å². The number of hydrogen-bond donors (Lipinski definition) is 4. The molecular weight excluding hydrogens is 392 g/mol. The van der Waals surface area contributed by atoms with E-state index in [1.54, 1.807) is 32.7 Å². The van der Waals surface area contributed by atoms with Gasteiger partial charge in [-0.05, 0) is 60.7 Å². The number of benzene rings is 2. The van der Waals surface area contributed by atoms with Crippen molar-refractivity contribution in [2.24, 2.45) is 17.3 Å². The minimum atomic E-state index is 0.399. The summed E-state index contributed by atoms with van der Waals surface area (Å²) in [5, 5.41) is 4.56. The summed E-state index contributed by atoms with van der Waals surface area (Å²) in [6, 6.07) is 20.2. The predicted octanol–water partition coefficient (Wildman–Crippen LogP) is 3.11. The summed E-state index contributed by atoms with van der Waals surface area (Å²) in [6.07, 6.45) is 3.28. The van der Waals surface area contributed by atoms with Crippen molar-refractivity contribution in [1.29, 1.82) is 0 Å². The highest BCUT2D eigenvalue weighted by molar-refractivity contribution is 5.68. The monoisotopic (exact) mass is 418 g/mol. The van der Waals surface area contributed by atoms with Gasteiger partial charge < -0.3 is 26.3 Å². The zero-order chi connectivity index (χ0) is 22.2. The van der Waals surface area contributed by atoms with E-state index in [-0.39, 0.29) is 0 Å². The van der Waals surface area contributed by atoms with Gasteiger partial charge in [0.1, 0.15) is 11.5 Å². The molecule has 8 heteroatoms. The van der Waals surface area contributed by atoms with Gasteiger partial charge in [0, 0.05) is 18.1 Å². The molecule has 0 spiro atoms. The summed E-state index contributed by atoms with van der Waals surface area (Å²) in [7, 11) is 3.23. The van der Waals surface area contributed by atoms with E-state index in [1.165, 1.54) is 5.01 Å². The third kappa shape index (κ3) is 5.68. The van der Waals surface area contributed by atoms with Crippen molar-refractivity contribution in [3.63, 3.8) is 0 Å². The Morgan fingerprint density at radius 3 is 1.97 bits per heavy atom. The van der Waals surface area contributed by atoms with Crippen LogP contribution in [0.15, 0.2) is 79.1 Å². The van der Waals surface area contributed by atoms with E-state index < -0.39 is 0 Å². The van der Waals surface area contributed by atoms with Gasteiger partial charge in [-0.2, -0.15) is 0 Å². The van der Waals surface area contributed by atoms with Gasteiger partial charge in [0.25, 0.3) is 0 Å². The molecule has 8 nitrogen and oxygen atoms in total. The molecule has 0 fully saturated rings. The molecule has 1 aromatic heterocycles. The Balaban J connectivity index is 1.73. The summed E-state index contributed by atoms with van der Waals surface area (Å²) in [6.45, 7) is 0. The Kier molecular flexibility index (Phi) is 6.97. The maximum atomic E-state index is 6.22. The van der Waals surface area contributed by atoms with Crippen LogP contribution in [0, 0.1) is 0 Å². The molecule has 0 aliphatic carbocycles. The molecule has 0 aliphatic heterocycles. The van der Waals surface area contributed by atoms with Gasteiger partial charge >= 0.3 is 0 Å². The number of methoxy groups -OCH3 is 2. The number of hydrazine groups is 1. The van der Waals surface area contributed by atoms with Crippen molar-refractivity contribution in [2.45, 2.75) is 0 Å². The zero-order valence-corrected chi connectivity index (χ0v) is 17.4. The second kappa shape index (κ2) is 10.0. The maximum absolute atomic E-state index is 6.22. The summed E-state index contributed by atoms with van der Waals surface area (Å²) < 4.78 is 10.3. The highest BCUT2D eigenvalue weighted by Crippen LogP contribution is 2.19. The van der Waals surface area contributed by atoms with Crippen LogP contribution < -0.4 is 37.1 Å². The Hall–Kier alpha value is -4.17. The first-order valence-corrected chi connectivity index (χ1v) is 9.49. The van der Waals surface area contributed by atoms with Crippen LogP contribution in [0.2, 0.25) is 0 Å². The molecule has 3 aromatic rings. The normalized spacial score (nSPS) is 11.7. The van der Waals surface area contributed by atoms with Crippen molar-refractivity contribution >= 4 is 22.8 Å². The molecule has 0 aliphatic rings. The first-order chi connectivity index (χ1) is 15.0. The lowest BCUT2D eigenvalue weighted by molar-refractivity contribution is 0.414. The number of nitrogens with one attached hydrogen (secondary N) is 1. The molecule has 0 amide bonds. The molecular formula is C23H26N6O2. The first-order valence-electron chi connectivity index (χ1n) is 9.49. The van der Waals surface area contributed by atoms with Crippen LogP contribution in [0.5, 0.6) is 11.5 Å². The standard InChI is InChI=1S/C23H26N6O2/c1-30-18-10-6-16(7-11-18)27-14-20(24)22-4-3-5-23(28-22)21(25)15-29(26)17-8-12-19(31-2)13-9-17/h3-15,27H,24-26H2,1-2H3/b20-14-,21-15-. The van der Waals surface area contributed by atoms with E-state index in [9.17, 15) is 0 Å². The molecule has 0 unspecified atom stereocenters. The highest BCUT2D eigenvalue weighted by atomic mass is 16.5. The lowest BCUT2D eigenvalue weighted by Gasteiger charge is -2.15. The Labute approximate surface area is 181 Å². The fourth-order valence-electron chi connectivity index (χ4n) is 2.72. The van der Waals surface area contributed by atoms with Crippen molar-refractivity contribution < 1.29 is 9.47 Å². The molecule has 3 rings (SSSR count). The average molecular weight is 419 g/mol. The topological polar surface area (TPSA) is 125 Å². The number of nitrogens with zero attached hydrogens (tertiary/aromatic N) is 2. The SMILES string of the molecule is COc1ccc(N/C=C(\N)c2cccc(/C(N)=C/N(N)c3ccc(OC)cc3)n2)cc1. The van der Waals surface area contributed by atoms with Crippen LogP contribution >= 0.6 is 0 Å². The van der Waals surface area contributed by atoms with Crippen LogP contribution in [0.25, 0.3) is 11.4 Å². The number of hydrogen-bond acceptors (Lipinski definition) is 8. The molecule has 0 saturated heterocycles. The molecule has 160 valence electrons. The Morgan fingerprint density at radius 2 is 1.39 bits per heavy atom. The summed E-state index contributed by atoms with van der Waals surface area (Å²) in [5.41, 5.74) is 16.0. The van der Waals surface area contributed by atoms with Crippen LogP contribution in [-0.4, -0.2) is 19.2 Å². The number of nitrogens with two attached hydrogens (primary N) is 3. The summed E-state index contributed by atoms with van der Waals surface area (Å²) in [4.78, 5) is 4.54. The van der Waals surface area contributed by atoms with E-state index in [0.717, 1.165) is 22.9 Å². The lowest BCUT2D eigenvalue weighted by Crippen LogP contribution is -2.25. The van der Waals surface area contributed by atoms with Gasteiger partial charge in [-0.1, -0.05) is 6.07 Å². The number of rotatable bonds is 8. The van der Waals surface area contributed by atoms with Crippen LogP contribution in [-0.2, 0) is 0 Å². The van der Waals surface area contributed by atoms with Gasteiger partial charge in [0.05, 0.1) is 42.7 Å². The van der Waals surface area contributed by atoms with Gasteiger partial charge in [-0.15, -0.1) is 0 Å². The van der Waals surface area contributed by atoms with Gasteiger partial charge in [-0.3, -0.25) is 5.01 Å². The molecule has 0 radical (unpaired) electrons.